The molecule has 0 spiro atoms. The van der Waals surface area contributed by atoms with Crippen molar-refractivity contribution in [3.05, 3.63) is 97.6 Å². The number of pyridine rings is 2. The van der Waals surface area contributed by atoms with Crippen molar-refractivity contribution in [3.63, 3.8) is 0 Å². The molecule has 358 valence electrons. The van der Waals surface area contributed by atoms with Crippen molar-refractivity contribution in [2.75, 3.05) is 31.7 Å². The maximum atomic E-state index is 15.4. The van der Waals surface area contributed by atoms with Crippen LogP contribution in [0.3, 0.4) is 0 Å². The van der Waals surface area contributed by atoms with Crippen LogP contribution in [0.15, 0.2) is 47.3 Å². The standard InChI is InChI=1S/C47H50BrFN8O11/c1-3-47(66)30-14-35-42-28(20-57(35)45(64)29(30)21-67-46(47)65)41-32(10-9-27-23(2)31(49)15-33(55-42)40(27)41)56-43(62)25-12-26(13-25)68-22-53-38(60)18-52-44(63)34(11-24-7-5-4-6-8-24)54-39(61)19-51-37(59)17-50-36(58)16-48/h4-8,14-15,25-26,32,34,66H,3,9-13,16-22H2,1-2H3,(H,50,58)(H,51,59)(H,52,63)(H,53,60)(H,54,61)(H,56,62)/t25-,26+,32-,34-,47-/m0/s1. The van der Waals surface area contributed by atoms with Crippen molar-refractivity contribution in [2.45, 2.75) is 89.3 Å². The number of hydrogen-bond donors (Lipinski definition) is 7. The molecule has 4 aliphatic rings. The number of aromatic nitrogens is 2. The van der Waals surface area contributed by atoms with E-state index < -0.39 is 83.6 Å². The van der Waals surface area contributed by atoms with E-state index >= 15 is 4.39 Å². The van der Waals surface area contributed by atoms with Crippen molar-refractivity contribution in [3.8, 4) is 11.4 Å². The van der Waals surface area contributed by atoms with E-state index in [1.165, 1.54) is 10.6 Å². The molecule has 0 radical (unpaired) electrons. The summed E-state index contributed by atoms with van der Waals surface area (Å²) in [5.41, 5.74) is 2.47. The van der Waals surface area contributed by atoms with E-state index in [-0.39, 0.29) is 67.7 Å². The first-order chi connectivity index (χ1) is 32.6. The smallest absolute Gasteiger partial charge is 0.343 e. The van der Waals surface area contributed by atoms with Gasteiger partial charge in [-0.1, -0.05) is 53.2 Å². The van der Waals surface area contributed by atoms with E-state index in [1.54, 1.807) is 50.2 Å². The van der Waals surface area contributed by atoms with Gasteiger partial charge in [-0.3, -0.25) is 33.6 Å². The van der Waals surface area contributed by atoms with E-state index in [0.29, 0.717) is 53.7 Å². The van der Waals surface area contributed by atoms with Gasteiger partial charge in [-0.25, -0.2) is 14.2 Å². The third-order valence-electron chi connectivity index (χ3n) is 13.1. The largest absolute Gasteiger partial charge is 0.458 e. The van der Waals surface area contributed by atoms with Gasteiger partial charge in [0.05, 0.1) is 66.1 Å². The first kappa shape index (κ1) is 47.9. The summed E-state index contributed by atoms with van der Waals surface area (Å²) in [5, 5.41) is 27.7. The van der Waals surface area contributed by atoms with Crippen LogP contribution in [-0.4, -0.2) is 99.9 Å². The summed E-state index contributed by atoms with van der Waals surface area (Å²) >= 11 is 2.97. The minimum Gasteiger partial charge on any atom is -0.458 e. The lowest BCUT2D eigenvalue weighted by Gasteiger charge is -2.36. The zero-order valence-electron chi connectivity index (χ0n) is 37.2. The molecule has 0 bridgehead atoms. The fourth-order valence-corrected chi connectivity index (χ4v) is 9.47. The number of halogens is 2. The molecule has 8 rings (SSSR count). The number of fused-ring (bicyclic) bond motifs is 5. The first-order valence-electron chi connectivity index (χ1n) is 22.3. The molecule has 4 aromatic rings. The number of ether oxygens (including phenoxy) is 2. The Morgan fingerprint density at radius 1 is 0.956 bits per heavy atom. The number of amides is 6. The molecule has 68 heavy (non-hydrogen) atoms. The summed E-state index contributed by atoms with van der Waals surface area (Å²) < 4.78 is 27.9. The van der Waals surface area contributed by atoms with Gasteiger partial charge < -0.3 is 51.0 Å². The third-order valence-corrected chi connectivity index (χ3v) is 13.6. The van der Waals surface area contributed by atoms with Gasteiger partial charge in [-0.05, 0) is 67.3 Å². The third kappa shape index (κ3) is 9.59. The highest BCUT2D eigenvalue weighted by atomic mass is 79.9. The number of aliphatic hydroxyl groups is 1. The van der Waals surface area contributed by atoms with Crippen molar-refractivity contribution < 1.29 is 52.5 Å². The minimum absolute atomic E-state index is 0.0107. The summed E-state index contributed by atoms with van der Waals surface area (Å²) in [4.78, 5) is 107. The Morgan fingerprint density at radius 2 is 1.66 bits per heavy atom. The van der Waals surface area contributed by atoms with E-state index in [4.69, 9.17) is 14.5 Å². The second-order valence-corrected chi connectivity index (χ2v) is 17.9. The number of nitrogens with one attached hydrogen (secondary N) is 6. The van der Waals surface area contributed by atoms with Crippen molar-refractivity contribution in [1.29, 1.82) is 0 Å². The number of carbonyl (C=O) groups excluding carboxylic acids is 7. The van der Waals surface area contributed by atoms with E-state index in [0.717, 1.165) is 22.1 Å². The molecule has 2 aliphatic carbocycles. The lowest BCUT2D eigenvalue weighted by atomic mass is 9.79. The van der Waals surface area contributed by atoms with E-state index in [1.807, 2.05) is 0 Å². The molecule has 1 fully saturated rings. The number of rotatable bonds is 17. The number of esters is 1. The van der Waals surface area contributed by atoms with Crippen LogP contribution in [0.4, 0.5) is 4.39 Å². The number of nitrogens with zero attached hydrogens (tertiary/aromatic N) is 2. The topological polar surface area (TPSA) is 265 Å². The van der Waals surface area contributed by atoms with Gasteiger partial charge in [0.25, 0.3) is 5.56 Å². The molecule has 0 saturated heterocycles. The second-order valence-electron chi connectivity index (χ2n) is 17.3. The monoisotopic (exact) mass is 1000 g/mol. The van der Waals surface area contributed by atoms with Crippen molar-refractivity contribution in [2.24, 2.45) is 5.92 Å². The molecular weight excluding hydrogens is 951 g/mol. The SMILES string of the molecule is CC[C@@]1(O)C(=O)OCc2c1cc1n(c2=O)Cc2c-1nc1cc(F)c(C)c3c1c2[C@@H](NC(=O)[C@H]1C[C@@H](OCNC(=O)CNC(=O)[C@H](Cc2ccccc2)NC(=O)CNC(=O)CNC(=O)CBr)C1)CC3. The summed E-state index contributed by atoms with van der Waals surface area (Å²) in [6.45, 7) is 1.75. The Kier molecular flexibility index (Phi) is 14.0. The molecule has 4 heterocycles. The summed E-state index contributed by atoms with van der Waals surface area (Å²) in [5.74, 6) is -4.76. The average Bonchev–Trinajstić information content (AvgIpc) is 3.69. The number of aryl methyl sites for hydroxylation is 1. The molecule has 7 N–H and O–H groups in total. The van der Waals surface area contributed by atoms with Gasteiger partial charge in [-0.2, -0.15) is 0 Å². The number of carbonyl (C=O) groups is 7. The molecule has 0 unspecified atom stereocenters. The second kappa shape index (κ2) is 19.9. The quantitative estimate of drug-likeness (QED) is 0.0391. The number of alkyl halides is 1. The van der Waals surface area contributed by atoms with Crippen LogP contribution in [0.2, 0.25) is 0 Å². The Morgan fingerprint density at radius 3 is 2.40 bits per heavy atom. The molecule has 6 amide bonds. The molecule has 2 aliphatic heterocycles. The van der Waals surface area contributed by atoms with Crippen LogP contribution in [0.5, 0.6) is 0 Å². The number of benzene rings is 2. The highest BCUT2D eigenvalue weighted by Crippen LogP contribution is 2.46. The average molecular weight is 1000 g/mol. The molecule has 1 saturated carbocycles. The summed E-state index contributed by atoms with van der Waals surface area (Å²) in [6.07, 6.45) is 1.41. The van der Waals surface area contributed by atoms with Crippen LogP contribution in [0.25, 0.3) is 22.3 Å². The number of cyclic esters (lactones) is 1. The van der Waals surface area contributed by atoms with Gasteiger partial charge >= 0.3 is 5.97 Å². The van der Waals surface area contributed by atoms with Gasteiger partial charge in [-0.15, -0.1) is 0 Å². The van der Waals surface area contributed by atoms with Crippen LogP contribution < -0.4 is 37.5 Å². The molecule has 21 heteroatoms. The maximum Gasteiger partial charge on any atom is 0.343 e. The Labute approximate surface area is 396 Å². The van der Waals surface area contributed by atoms with Gasteiger partial charge in [0.1, 0.15) is 25.2 Å². The van der Waals surface area contributed by atoms with Crippen LogP contribution in [0, 0.1) is 18.7 Å². The molecule has 19 nitrogen and oxygen atoms in total. The minimum atomic E-state index is -2.02. The molecule has 3 atom stereocenters. The fourth-order valence-electron chi connectivity index (χ4n) is 9.27. The van der Waals surface area contributed by atoms with Crippen LogP contribution in [0.1, 0.15) is 77.6 Å². The fraction of sp³-hybridized carbons (Fsp3) is 0.426. The van der Waals surface area contributed by atoms with Crippen molar-refractivity contribution >= 4 is 68.2 Å². The Balaban J connectivity index is 0.857. The predicted molar refractivity (Wildman–Crippen MR) is 244 cm³/mol. The first-order valence-corrected chi connectivity index (χ1v) is 23.4. The highest BCUT2D eigenvalue weighted by Gasteiger charge is 2.46. The van der Waals surface area contributed by atoms with Crippen LogP contribution in [-0.2, 0) is 74.6 Å². The summed E-state index contributed by atoms with van der Waals surface area (Å²) in [7, 11) is 0. The van der Waals surface area contributed by atoms with E-state index in [9.17, 15) is 43.5 Å². The zero-order valence-corrected chi connectivity index (χ0v) is 38.8. The predicted octanol–water partition coefficient (Wildman–Crippen LogP) is 0.971. The zero-order chi connectivity index (χ0) is 48.4. The molecular formula is C47H50BrFN8O11. The molecule has 2 aromatic heterocycles. The normalized spacial score (nSPS) is 20.1. The van der Waals surface area contributed by atoms with Gasteiger partial charge in [0, 0.05) is 34.9 Å². The van der Waals surface area contributed by atoms with Crippen molar-refractivity contribution in [1.82, 2.24) is 41.5 Å². The Hall–Kier alpha value is -6.58. The van der Waals surface area contributed by atoms with Gasteiger partial charge in [0.15, 0.2) is 5.60 Å². The summed E-state index contributed by atoms with van der Waals surface area (Å²) in [6, 6.07) is 10.3. The molecule has 2 aromatic carbocycles. The lowest BCUT2D eigenvalue weighted by molar-refractivity contribution is -0.172. The lowest BCUT2D eigenvalue weighted by Crippen LogP contribution is -2.52. The Bertz CT molecular complexity index is 2800. The van der Waals surface area contributed by atoms with Gasteiger partial charge in [0.2, 0.25) is 35.4 Å². The number of hydrogen-bond acceptors (Lipinski definition) is 12. The van der Waals surface area contributed by atoms with Crippen LogP contribution >= 0.6 is 15.9 Å². The maximum absolute atomic E-state index is 15.4. The van der Waals surface area contributed by atoms with E-state index in [2.05, 4.69) is 47.8 Å². The highest BCUT2D eigenvalue weighted by molar-refractivity contribution is 9.09.